The van der Waals surface area contributed by atoms with Crippen molar-refractivity contribution in [3.05, 3.63) is 28.8 Å². The molecule has 17 heavy (non-hydrogen) atoms. The molecule has 1 aromatic carbocycles. The van der Waals surface area contributed by atoms with Gasteiger partial charge in [0.05, 0.1) is 7.11 Å². The summed E-state index contributed by atoms with van der Waals surface area (Å²) in [6, 6.07) is 6.31. The number of nitrogens with zero attached hydrogens (tertiary/aromatic N) is 1. The summed E-state index contributed by atoms with van der Waals surface area (Å²) in [6.45, 7) is 1.80. The lowest BCUT2D eigenvalue weighted by Gasteiger charge is -2.20. The predicted molar refractivity (Wildman–Crippen MR) is 70.5 cm³/mol. The van der Waals surface area contributed by atoms with Gasteiger partial charge in [0, 0.05) is 17.6 Å². The Bertz CT molecular complexity index is 397. The first-order chi connectivity index (χ1) is 8.13. The summed E-state index contributed by atoms with van der Waals surface area (Å²) in [7, 11) is 3.80. The van der Waals surface area contributed by atoms with Crippen LogP contribution in [0.5, 0.6) is 5.75 Å². The fraction of sp³-hybridized carbons (Fsp3) is 0.538. The molecule has 0 aromatic heterocycles. The first-order valence-corrected chi connectivity index (χ1v) is 6.26. The molecule has 2 atom stereocenters. The maximum absolute atomic E-state index is 6.10. The Morgan fingerprint density at radius 1 is 1.47 bits per heavy atom. The molecule has 2 N–H and O–H groups in total. The van der Waals surface area contributed by atoms with Gasteiger partial charge in [-0.25, -0.2) is 0 Å². The van der Waals surface area contributed by atoms with E-state index in [0.717, 1.165) is 30.3 Å². The number of nitrogens with two attached hydrogens (primary N) is 1. The lowest BCUT2D eigenvalue weighted by atomic mass is 10.00. The molecule has 2 rings (SSSR count). The van der Waals surface area contributed by atoms with Crippen molar-refractivity contribution in [3.8, 4) is 5.75 Å². The molecule has 0 aliphatic carbocycles. The molecular formula is C13H19ClN2O. The minimum Gasteiger partial charge on any atom is -0.497 e. The number of benzene rings is 1. The molecule has 1 heterocycles. The largest absolute Gasteiger partial charge is 0.497 e. The van der Waals surface area contributed by atoms with Gasteiger partial charge < -0.3 is 10.5 Å². The van der Waals surface area contributed by atoms with Crippen LogP contribution in [0.3, 0.4) is 0 Å². The van der Waals surface area contributed by atoms with Gasteiger partial charge in [-0.2, -0.15) is 0 Å². The molecule has 4 heteroatoms. The van der Waals surface area contributed by atoms with Gasteiger partial charge in [-0.3, -0.25) is 4.90 Å². The molecule has 1 aliphatic heterocycles. The highest BCUT2D eigenvalue weighted by Crippen LogP contribution is 2.36. The minimum atomic E-state index is 0.399. The Morgan fingerprint density at radius 2 is 2.24 bits per heavy atom. The van der Waals surface area contributed by atoms with Gasteiger partial charge in [-0.05, 0) is 49.7 Å². The first-order valence-electron chi connectivity index (χ1n) is 5.88. The third-order valence-electron chi connectivity index (χ3n) is 3.48. The Hall–Kier alpha value is -0.770. The van der Waals surface area contributed by atoms with E-state index in [4.69, 9.17) is 22.1 Å². The van der Waals surface area contributed by atoms with Gasteiger partial charge in [-0.1, -0.05) is 11.6 Å². The molecule has 94 valence electrons. The number of likely N-dealkylation sites (tertiary alicyclic amines) is 1. The number of methoxy groups -OCH3 is 1. The van der Waals surface area contributed by atoms with Crippen LogP contribution in [-0.2, 0) is 0 Å². The smallest absolute Gasteiger partial charge is 0.120 e. The van der Waals surface area contributed by atoms with Gasteiger partial charge in [-0.15, -0.1) is 0 Å². The zero-order valence-electron chi connectivity index (χ0n) is 10.3. The van der Waals surface area contributed by atoms with E-state index in [0.29, 0.717) is 12.0 Å². The molecule has 0 radical (unpaired) electrons. The van der Waals surface area contributed by atoms with Gasteiger partial charge in [0.15, 0.2) is 0 Å². The molecule has 0 amide bonds. The normalized spacial score (nSPS) is 25.2. The van der Waals surface area contributed by atoms with Crippen LogP contribution in [0, 0.1) is 5.92 Å². The average Bonchev–Trinajstić information content (AvgIpc) is 2.69. The summed E-state index contributed by atoms with van der Waals surface area (Å²) in [5, 5.41) is 0.726. The van der Waals surface area contributed by atoms with Crippen LogP contribution >= 0.6 is 11.6 Å². The SMILES string of the molecule is COc1cc(Cl)cc(C2CC(CN)CN2C)c1. The molecule has 3 nitrogen and oxygen atoms in total. The molecule has 0 saturated carbocycles. The van der Waals surface area contributed by atoms with Crippen LogP contribution in [-0.4, -0.2) is 32.1 Å². The molecule has 0 spiro atoms. The Balaban J connectivity index is 2.24. The molecule has 1 fully saturated rings. The standard InChI is InChI=1S/C13H19ClN2O/c1-16-8-9(7-15)3-13(16)10-4-11(14)6-12(5-10)17-2/h4-6,9,13H,3,7-8,15H2,1-2H3. The van der Waals surface area contributed by atoms with Crippen molar-refractivity contribution in [3.63, 3.8) is 0 Å². The molecular weight excluding hydrogens is 236 g/mol. The van der Waals surface area contributed by atoms with Crippen molar-refractivity contribution >= 4 is 11.6 Å². The third kappa shape index (κ3) is 2.73. The summed E-state index contributed by atoms with van der Waals surface area (Å²) in [4.78, 5) is 2.34. The van der Waals surface area contributed by atoms with E-state index in [-0.39, 0.29) is 0 Å². The van der Waals surface area contributed by atoms with Crippen LogP contribution < -0.4 is 10.5 Å². The Morgan fingerprint density at radius 3 is 2.82 bits per heavy atom. The van der Waals surface area contributed by atoms with E-state index < -0.39 is 0 Å². The second-order valence-corrected chi connectivity index (χ2v) is 5.15. The summed E-state index contributed by atoms with van der Waals surface area (Å²) >= 11 is 6.10. The summed E-state index contributed by atoms with van der Waals surface area (Å²) in [5.41, 5.74) is 6.96. The Kier molecular flexibility index (Phi) is 3.92. The van der Waals surface area contributed by atoms with E-state index in [2.05, 4.69) is 18.0 Å². The maximum atomic E-state index is 6.10. The molecule has 0 bridgehead atoms. The molecule has 2 unspecified atom stereocenters. The fourth-order valence-corrected chi connectivity index (χ4v) is 2.79. The van der Waals surface area contributed by atoms with Crippen molar-refractivity contribution in [2.75, 3.05) is 27.2 Å². The van der Waals surface area contributed by atoms with Gasteiger partial charge in [0.1, 0.15) is 5.75 Å². The number of rotatable bonds is 3. The average molecular weight is 255 g/mol. The second kappa shape index (κ2) is 5.25. The topological polar surface area (TPSA) is 38.5 Å². The second-order valence-electron chi connectivity index (χ2n) is 4.72. The number of ether oxygens (including phenoxy) is 1. The van der Waals surface area contributed by atoms with Crippen LogP contribution in [0.25, 0.3) is 0 Å². The molecule has 1 aliphatic rings. The van der Waals surface area contributed by atoms with E-state index >= 15 is 0 Å². The lowest BCUT2D eigenvalue weighted by molar-refractivity contribution is 0.312. The minimum absolute atomic E-state index is 0.399. The highest BCUT2D eigenvalue weighted by molar-refractivity contribution is 6.30. The summed E-state index contributed by atoms with van der Waals surface area (Å²) in [6.07, 6.45) is 1.09. The van der Waals surface area contributed by atoms with Crippen LogP contribution in [0.4, 0.5) is 0 Å². The number of hydrogen-bond donors (Lipinski definition) is 1. The van der Waals surface area contributed by atoms with Crippen molar-refractivity contribution in [2.45, 2.75) is 12.5 Å². The van der Waals surface area contributed by atoms with E-state index in [9.17, 15) is 0 Å². The Labute approximate surface area is 107 Å². The molecule has 1 saturated heterocycles. The summed E-state index contributed by atoms with van der Waals surface area (Å²) < 4.78 is 5.26. The maximum Gasteiger partial charge on any atom is 0.120 e. The highest BCUT2D eigenvalue weighted by atomic mass is 35.5. The lowest BCUT2D eigenvalue weighted by Crippen LogP contribution is -2.20. The van der Waals surface area contributed by atoms with Gasteiger partial charge in [0.25, 0.3) is 0 Å². The molecule has 1 aromatic rings. The van der Waals surface area contributed by atoms with E-state index in [1.807, 2.05) is 12.1 Å². The van der Waals surface area contributed by atoms with E-state index in [1.165, 1.54) is 5.56 Å². The van der Waals surface area contributed by atoms with Gasteiger partial charge >= 0.3 is 0 Å². The van der Waals surface area contributed by atoms with Crippen molar-refractivity contribution in [2.24, 2.45) is 11.7 Å². The summed E-state index contributed by atoms with van der Waals surface area (Å²) in [5.74, 6) is 1.40. The zero-order chi connectivity index (χ0) is 12.4. The van der Waals surface area contributed by atoms with Gasteiger partial charge in [0.2, 0.25) is 0 Å². The highest BCUT2D eigenvalue weighted by Gasteiger charge is 2.30. The van der Waals surface area contributed by atoms with Crippen molar-refractivity contribution in [1.29, 1.82) is 0 Å². The fourth-order valence-electron chi connectivity index (χ4n) is 2.56. The van der Waals surface area contributed by atoms with Crippen LogP contribution in [0.15, 0.2) is 18.2 Å². The predicted octanol–water partition coefficient (Wildman–Crippen LogP) is 2.30. The van der Waals surface area contributed by atoms with Crippen molar-refractivity contribution < 1.29 is 4.74 Å². The quantitative estimate of drug-likeness (QED) is 0.900. The van der Waals surface area contributed by atoms with E-state index in [1.54, 1.807) is 7.11 Å². The third-order valence-corrected chi connectivity index (χ3v) is 3.70. The monoisotopic (exact) mass is 254 g/mol. The first kappa shape index (κ1) is 12.7. The van der Waals surface area contributed by atoms with Crippen LogP contribution in [0.1, 0.15) is 18.0 Å². The zero-order valence-corrected chi connectivity index (χ0v) is 11.1. The van der Waals surface area contributed by atoms with Crippen LogP contribution in [0.2, 0.25) is 5.02 Å². The van der Waals surface area contributed by atoms with Crippen molar-refractivity contribution in [1.82, 2.24) is 4.90 Å². The number of halogens is 1. The number of hydrogen-bond acceptors (Lipinski definition) is 3.